The standard InChI is InChI=1S/C16H30N4O/c1-5-8-14-15(17-6-2)19-12-20-16(14)18-9-7-10-21-11-13(3)4/h12-13H,5-11H2,1-4H3,(H2,17,18,19,20). The number of aromatic nitrogens is 2. The van der Waals surface area contributed by atoms with Crippen LogP contribution < -0.4 is 10.6 Å². The van der Waals surface area contributed by atoms with E-state index in [2.05, 4.69) is 48.3 Å². The number of hydrogen-bond acceptors (Lipinski definition) is 5. The van der Waals surface area contributed by atoms with E-state index in [0.29, 0.717) is 5.92 Å². The van der Waals surface area contributed by atoms with Crippen molar-refractivity contribution < 1.29 is 4.74 Å². The zero-order valence-corrected chi connectivity index (χ0v) is 13.9. The van der Waals surface area contributed by atoms with E-state index in [4.69, 9.17) is 4.74 Å². The van der Waals surface area contributed by atoms with Crippen LogP contribution in [0.4, 0.5) is 11.6 Å². The van der Waals surface area contributed by atoms with Gasteiger partial charge in [-0.15, -0.1) is 0 Å². The molecule has 0 unspecified atom stereocenters. The van der Waals surface area contributed by atoms with E-state index in [0.717, 1.165) is 57.2 Å². The molecule has 0 radical (unpaired) electrons. The Balaban J connectivity index is 2.47. The summed E-state index contributed by atoms with van der Waals surface area (Å²) in [6.07, 6.45) is 4.67. The van der Waals surface area contributed by atoms with Crippen LogP contribution >= 0.6 is 0 Å². The lowest BCUT2D eigenvalue weighted by molar-refractivity contribution is 0.110. The highest BCUT2D eigenvalue weighted by molar-refractivity contribution is 5.57. The van der Waals surface area contributed by atoms with Crippen LogP contribution in [0.5, 0.6) is 0 Å². The van der Waals surface area contributed by atoms with Gasteiger partial charge in [0.25, 0.3) is 0 Å². The van der Waals surface area contributed by atoms with Gasteiger partial charge in [0.1, 0.15) is 18.0 Å². The third kappa shape index (κ3) is 6.76. The van der Waals surface area contributed by atoms with Gasteiger partial charge in [-0.25, -0.2) is 9.97 Å². The molecule has 0 amide bonds. The summed E-state index contributed by atoms with van der Waals surface area (Å²) in [5, 5.41) is 6.72. The van der Waals surface area contributed by atoms with Crippen LogP contribution in [0.3, 0.4) is 0 Å². The molecule has 21 heavy (non-hydrogen) atoms. The Kier molecular flexibility index (Phi) is 8.74. The zero-order valence-electron chi connectivity index (χ0n) is 13.9. The number of ether oxygens (including phenoxy) is 1. The average molecular weight is 294 g/mol. The Morgan fingerprint density at radius 2 is 1.86 bits per heavy atom. The summed E-state index contributed by atoms with van der Waals surface area (Å²) in [5.41, 5.74) is 1.19. The lowest BCUT2D eigenvalue weighted by atomic mass is 10.1. The predicted octanol–water partition coefficient (Wildman–Crippen LogP) is 3.34. The summed E-state index contributed by atoms with van der Waals surface area (Å²) in [4.78, 5) is 8.72. The van der Waals surface area contributed by atoms with Gasteiger partial charge in [0.05, 0.1) is 0 Å². The normalized spacial score (nSPS) is 10.9. The summed E-state index contributed by atoms with van der Waals surface area (Å²) < 4.78 is 5.59. The van der Waals surface area contributed by atoms with E-state index in [-0.39, 0.29) is 0 Å². The molecule has 0 aliphatic carbocycles. The highest BCUT2D eigenvalue weighted by Gasteiger charge is 2.09. The average Bonchev–Trinajstić information content (AvgIpc) is 2.45. The van der Waals surface area contributed by atoms with Gasteiger partial charge in [-0.05, 0) is 25.7 Å². The number of nitrogens with zero attached hydrogens (tertiary/aromatic N) is 2. The number of anilines is 2. The van der Waals surface area contributed by atoms with E-state index in [1.54, 1.807) is 6.33 Å². The van der Waals surface area contributed by atoms with Crippen LogP contribution in [-0.4, -0.2) is 36.3 Å². The van der Waals surface area contributed by atoms with Crippen LogP contribution in [0.15, 0.2) is 6.33 Å². The fourth-order valence-electron chi connectivity index (χ4n) is 2.07. The van der Waals surface area contributed by atoms with Crippen molar-refractivity contribution in [3.63, 3.8) is 0 Å². The van der Waals surface area contributed by atoms with E-state index >= 15 is 0 Å². The molecule has 0 spiro atoms. The Labute approximate surface area is 128 Å². The topological polar surface area (TPSA) is 59.1 Å². The first kappa shape index (κ1) is 17.7. The van der Waals surface area contributed by atoms with Crippen LogP contribution in [0.2, 0.25) is 0 Å². The second kappa shape index (κ2) is 10.4. The molecule has 0 aromatic carbocycles. The molecule has 2 N–H and O–H groups in total. The maximum absolute atomic E-state index is 5.59. The Bertz CT molecular complexity index is 396. The van der Waals surface area contributed by atoms with Gasteiger partial charge in [-0.2, -0.15) is 0 Å². The molecule has 0 saturated carbocycles. The quantitative estimate of drug-likeness (QED) is 0.613. The summed E-state index contributed by atoms with van der Waals surface area (Å²) >= 11 is 0. The maximum atomic E-state index is 5.59. The van der Waals surface area contributed by atoms with Gasteiger partial charge in [0.2, 0.25) is 0 Å². The molecule has 120 valence electrons. The largest absolute Gasteiger partial charge is 0.381 e. The van der Waals surface area contributed by atoms with E-state index in [1.165, 1.54) is 5.56 Å². The lowest BCUT2D eigenvalue weighted by Gasteiger charge is -2.14. The van der Waals surface area contributed by atoms with Gasteiger partial charge >= 0.3 is 0 Å². The SMILES string of the molecule is CCCc1c(NCC)ncnc1NCCCOCC(C)C. The minimum absolute atomic E-state index is 0.596. The predicted molar refractivity (Wildman–Crippen MR) is 89.0 cm³/mol. The molecule has 1 aromatic rings. The molecule has 0 bridgehead atoms. The zero-order chi connectivity index (χ0) is 15.5. The van der Waals surface area contributed by atoms with E-state index < -0.39 is 0 Å². The molecule has 5 nitrogen and oxygen atoms in total. The maximum Gasteiger partial charge on any atom is 0.134 e. The third-order valence-electron chi connectivity index (χ3n) is 3.00. The molecule has 0 atom stereocenters. The van der Waals surface area contributed by atoms with Gasteiger partial charge < -0.3 is 15.4 Å². The Morgan fingerprint density at radius 1 is 1.14 bits per heavy atom. The lowest BCUT2D eigenvalue weighted by Crippen LogP contribution is -2.13. The Hall–Kier alpha value is -1.36. The summed E-state index contributed by atoms with van der Waals surface area (Å²) in [6.45, 7) is 12.0. The van der Waals surface area contributed by atoms with Crippen LogP contribution in [0.1, 0.15) is 46.1 Å². The van der Waals surface area contributed by atoms with Crippen molar-refractivity contribution in [2.75, 3.05) is 36.9 Å². The third-order valence-corrected chi connectivity index (χ3v) is 3.00. The van der Waals surface area contributed by atoms with Gasteiger partial charge in [0, 0.05) is 31.9 Å². The second-order valence-electron chi connectivity index (χ2n) is 5.58. The molecule has 0 saturated heterocycles. The second-order valence-corrected chi connectivity index (χ2v) is 5.58. The molecule has 0 aliphatic rings. The van der Waals surface area contributed by atoms with Crippen molar-refractivity contribution in [2.45, 2.75) is 47.0 Å². The summed E-state index contributed by atoms with van der Waals surface area (Å²) in [7, 11) is 0. The summed E-state index contributed by atoms with van der Waals surface area (Å²) in [6, 6.07) is 0. The molecule has 0 fully saturated rings. The fourth-order valence-corrected chi connectivity index (χ4v) is 2.07. The minimum atomic E-state index is 0.596. The molecule has 1 heterocycles. The van der Waals surface area contributed by atoms with Crippen molar-refractivity contribution in [1.29, 1.82) is 0 Å². The molecule has 0 aliphatic heterocycles. The molecular weight excluding hydrogens is 264 g/mol. The highest BCUT2D eigenvalue weighted by Crippen LogP contribution is 2.21. The molecule has 1 rings (SSSR count). The summed E-state index contributed by atoms with van der Waals surface area (Å²) in [5.74, 6) is 2.50. The van der Waals surface area contributed by atoms with Crippen LogP contribution in [-0.2, 0) is 11.2 Å². The first-order chi connectivity index (χ1) is 10.2. The highest BCUT2D eigenvalue weighted by atomic mass is 16.5. The first-order valence-electron chi connectivity index (χ1n) is 8.08. The van der Waals surface area contributed by atoms with Gasteiger partial charge in [0.15, 0.2) is 0 Å². The monoisotopic (exact) mass is 294 g/mol. The van der Waals surface area contributed by atoms with Crippen molar-refractivity contribution in [3.8, 4) is 0 Å². The number of hydrogen-bond donors (Lipinski definition) is 2. The smallest absolute Gasteiger partial charge is 0.134 e. The van der Waals surface area contributed by atoms with Crippen molar-refractivity contribution in [2.24, 2.45) is 5.92 Å². The van der Waals surface area contributed by atoms with Crippen LogP contribution in [0.25, 0.3) is 0 Å². The Morgan fingerprint density at radius 3 is 2.48 bits per heavy atom. The van der Waals surface area contributed by atoms with Crippen molar-refractivity contribution >= 4 is 11.6 Å². The fraction of sp³-hybridized carbons (Fsp3) is 0.750. The molecule has 1 aromatic heterocycles. The van der Waals surface area contributed by atoms with E-state index in [9.17, 15) is 0 Å². The number of nitrogens with one attached hydrogen (secondary N) is 2. The van der Waals surface area contributed by atoms with Crippen LogP contribution in [0, 0.1) is 5.92 Å². The van der Waals surface area contributed by atoms with Crippen molar-refractivity contribution in [1.82, 2.24) is 9.97 Å². The van der Waals surface area contributed by atoms with Gasteiger partial charge in [-0.1, -0.05) is 27.2 Å². The van der Waals surface area contributed by atoms with E-state index in [1.807, 2.05) is 0 Å². The molecular formula is C16H30N4O. The molecule has 5 heteroatoms. The van der Waals surface area contributed by atoms with Gasteiger partial charge in [-0.3, -0.25) is 0 Å². The number of rotatable bonds is 11. The first-order valence-corrected chi connectivity index (χ1v) is 8.08. The minimum Gasteiger partial charge on any atom is -0.381 e. The van der Waals surface area contributed by atoms with Crippen molar-refractivity contribution in [3.05, 3.63) is 11.9 Å².